The van der Waals surface area contributed by atoms with E-state index in [1.165, 1.54) is 5.56 Å². The van der Waals surface area contributed by atoms with Gasteiger partial charge in [-0.05, 0) is 28.5 Å². The number of carbonyl (C=O) groups is 1. The lowest BCUT2D eigenvalue weighted by Crippen LogP contribution is -2.11. The third-order valence-electron chi connectivity index (χ3n) is 3.68. The highest BCUT2D eigenvalue weighted by molar-refractivity contribution is 5.69. The van der Waals surface area contributed by atoms with Crippen molar-refractivity contribution in [2.24, 2.45) is 0 Å². The Morgan fingerprint density at radius 3 is 2.14 bits per heavy atom. The van der Waals surface area contributed by atoms with Gasteiger partial charge in [-0.25, -0.2) is 0 Å². The van der Waals surface area contributed by atoms with Crippen LogP contribution in [-0.2, 0) is 28.0 Å². The van der Waals surface area contributed by atoms with Gasteiger partial charge in [-0.2, -0.15) is 0 Å². The van der Waals surface area contributed by atoms with Crippen molar-refractivity contribution in [3.63, 3.8) is 0 Å². The lowest BCUT2D eigenvalue weighted by atomic mass is 9.87. The van der Waals surface area contributed by atoms with Crippen LogP contribution in [-0.4, -0.2) is 5.97 Å². The van der Waals surface area contributed by atoms with E-state index < -0.39 is 0 Å². The minimum atomic E-state index is -0.149. The number of aryl methyl sites for hydroxylation is 1. The standard InChI is InChI=1S/C20H24O2/c1-20(2,3)18-12-9-17(10-13-18)15-22-19(21)14-11-16-7-5-4-6-8-16/h4-10,12-13H,11,14-15H2,1-3H3. The van der Waals surface area contributed by atoms with E-state index >= 15 is 0 Å². The van der Waals surface area contributed by atoms with Gasteiger partial charge in [0, 0.05) is 6.42 Å². The van der Waals surface area contributed by atoms with Gasteiger partial charge in [0.2, 0.25) is 0 Å². The molecule has 0 bridgehead atoms. The highest BCUT2D eigenvalue weighted by Gasteiger charge is 2.13. The highest BCUT2D eigenvalue weighted by Crippen LogP contribution is 2.22. The summed E-state index contributed by atoms with van der Waals surface area (Å²) >= 11 is 0. The lowest BCUT2D eigenvalue weighted by molar-refractivity contribution is -0.144. The molecule has 2 nitrogen and oxygen atoms in total. The summed E-state index contributed by atoms with van der Waals surface area (Å²) in [4.78, 5) is 11.8. The van der Waals surface area contributed by atoms with E-state index in [1.54, 1.807) is 0 Å². The number of hydrogen-bond acceptors (Lipinski definition) is 2. The van der Waals surface area contributed by atoms with E-state index in [0.717, 1.165) is 17.5 Å². The molecule has 0 aliphatic rings. The summed E-state index contributed by atoms with van der Waals surface area (Å²) in [6, 6.07) is 18.3. The van der Waals surface area contributed by atoms with Crippen molar-refractivity contribution < 1.29 is 9.53 Å². The van der Waals surface area contributed by atoms with Crippen LogP contribution < -0.4 is 0 Å². The largest absolute Gasteiger partial charge is 0.461 e. The Hall–Kier alpha value is -2.09. The van der Waals surface area contributed by atoms with Crippen LogP contribution in [0.25, 0.3) is 0 Å². The summed E-state index contributed by atoms with van der Waals surface area (Å²) in [5.41, 5.74) is 3.62. The molecule has 2 heteroatoms. The fraction of sp³-hybridized carbons (Fsp3) is 0.350. The van der Waals surface area contributed by atoms with Crippen LogP contribution in [0.1, 0.15) is 43.9 Å². The first-order valence-electron chi connectivity index (χ1n) is 7.74. The number of hydrogen-bond donors (Lipinski definition) is 0. The lowest BCUT2D eigenvalue weighted by Gasteiger charge is -2.19. The predicted molar refractivity (Wildman–Crippen MR) is 89.7 cm³/mol. The first-order valence-corrected chi connectivity index (χ1v) is 7.74. The van der Waals surface area contributed by atoms with Crippen LogP contribution in [0, 0.1) is 0 Å². The maximum absolute atomic E-state index is 11.8. The summed E-state index contributed by atoms with van der Waals surface area (Å²) in [5.74, 6) is -0.149. The zero-order valence-corrected chi connectivity index (χ0v) is 13.6. The first kappa shape index (κ1) is 16.3. The van der Waals surface area contributed by atoms with Crippen molar-refractivity contribution in [2.45, 2.75) is 45.6 Å². The van der Waals surface area contributed by atoms with Gasteiger partial charge in [0.05, 0.1) is 0 Å². The average molecular weight is 296 g/mol. The van der Waals surface area contributed by atoms with Gasteiger partial charge in [0.15, 0.2) is 0 Å². The molecule has 2 rings (SSSR count). The Kier molecular flexibility index (Phi) is 5.37. The molecule has 0 unspecified atom stereocenters. The third kappa shape index (κ3) is 5.03. The van der Waals surface area contributed by atoms with Crippen LogP contribution >= 0.6 is 0 Å². The van der Waals surface area contributed by atoms with Gasteiger partial charge < -0.3 is 4.74 Å². The van der Waals surface area contributed by atoms with Crippen molar-refractivity contribution >= 4 is 5.97 Å². The Morgan fingerprint density at radius 1 is 0.909 bits per heavy atom. The second kappa shape index (κ2) is 7.26. The van der Waals surface area contributed by atoms with E-state index in [9.17, 15) is 4.79 Å². The van der Waals surface area contributed by atoms with E-state index in [4.69, 9.17) is 4.74 Å². The Bertz CT molecular complexity index is 592. The number of esters is 1. The van der Waals surface area contributed by atoms with Gasteiger partial charge in [-0.3, -0.25) is 4.79 Å². The Balaban J connectivity index is 1.79. The topological polar surface area (TPSA) is 26.3 Å². The molecule has 0 spiro atoms. The van der Waals surface area contributed by atoms with Crippen LogP contribution in [0.5, 0.6) is 0 Å². The molecule has 2 aromatic carbocycles. The van der Waals surface area contributed by atoms with Crippen molar-refractivity contribution in [2.75, 3.05) is 0 Å². The molecule has 0 aliphatic heterocycles. The fourth-order valence-corrected chi connectivity index (χ4v) is 2.23. The van der Waals surface area contributed by atoms with Crippen LogP contribution in [0.2, 0.25) is 0 Å². The number of ether oxygens (including phenoxy) is 1. The van der Waals surface area contributed by atoms with Crippen molar-refractivity contribution in [3.05, 3.63) is 71.3 Å². The molecule has 22 heavy (non-hydrogen) atoms. The quantitative estimate of drug-likeness (QED) is 0.750. The number of rotatable bonds is 5. The maximum Gasteiger partial charge on any atom is 0.306 e. The molecule has 0 amide bonds. The van der Waals surface area contributed by atoms with E-state index in [1.807, 2.05) is 42.5 Å². The molecule has 0 heterocycles. The van der Waals surface area contributed by atoms with Gasteiger partial charge in [-0.1, -0.05) is 75.4 Å². The molecule has 0 radical (unpaired) electrons. The van der Waals surface area contributed by atoms with E-state index in [-0.39, 0.29) is 11.4 Å². The van der Waals surface area contributed by atoms with Crippen molar-refractivity contribution in [1.29, 1.82) is 0 Å². The monoisotopic (exact) mass is 296 g/mol. The third-order valence-corrected chi connectivity index (χ3v) is 3.68. The molecule has 0 aromatic heterocycles. The van der Waals surface area contributed by atoms with Crippen LogP contribution in [0.15, 0.2) is 54.6 Å². The zero-order chi connectivity index (χ0) is 16.0. The normalized spacial score (nSPS) is 11.2. The molecule has 0 aliphatic carbocycles. The molecule has 0 fully saturated rings. The Labute approximate surface area is 133 Å². The Morgan fingerprint density at radius 2 is 1.55 bits per heavy atom. The SMILES string of the molecule is CC(C)(C)c1ccc(COC(=O)CCc2ccccc2)cc1. The second-order valence-electron chi connectivity index (χ2n) is 6.59. The molecule has 0 N–H and O–H groups in total. The minimum absolute atomic E-state index is 0.144. The molecule has 0 atom stereocenters. The summed E-state index contributed by atoms with van der Waals surface area (Å²) < 4.78 is 5.34. The predicted octanol–water partition coefficient (Wildman–Crippen LogP) is 4.66. The van der Waals surface area contributed by atoms with E-state index in [2.05, 4.69) is 32.9 Å². The smallest absolute Gasteiger partial charge is 0.306 e. The second-order valence-corrected chi connectivity index (χ2v) is 6.59. The van der Waals surface area contributed by atoms with Gasteiger partial charge in [0.25, 0.3) is 0 Å². The van der Waals surface area contributed by atoms with Gasteiger partial charge >= 0.3 is 5.97 Å². The molecule has 116 valence electrons. The fourth-order valence-electron chi connectivity index (χ4n) is 2.23. The van der Waals surface area contributed by atoms with Crippen molar-refractivity contribution in [1.82, 2.24) is 0 Å². The summed E-state index contributed by atoms with van der Waals surface area (Å²) in [5, 5.41) is 0. The summed E-state index contributed by atoms with van der Waals surface area (Å²) in [7, 11) is 0. The molecule has 0 saturated heterocycles. The molecular formula is C20H24O2. The van der Waals surface area contributed by atoms with Crippen molar-refractivity contribution in [3.8, 4) is 0 Å². The summed E-state index contributed by atoms with van der Waals surface area (Å²) in [6.45, 7) is 6.90. The number of benzene rings is 2. The first-order chi connectivity index (χ1) is 10.4. The van der Waals surface area contributed by atoms with Crippen LogP contribution in [0.3, 0.4) is 0 Å². The molecular weight excluding hydrogens is 272 g/mol. The van der Waals surface area contributed by atoms with E-state index in [0.29, 0.717) is 13.0 Å². The zero-order valence-electron chi connectivity index (χ0n) is 13.6. The molecule has 0 saturated carbocycles. The molecule has 2 aromatic rings. The highest BCUT2D eigenvalue weighted by atomic mass is 16.5. The minimum Gasteiger partial charge on any atom is -0.461 e. The van der Waals surface area contributed by atoms with Crippen LogP contribution in [0.4, 0.5) is 0 Å². The average Bonchev–Trinajstić information content (AvgIpc) is 2.51. The maximum atomic E-state index is 11.8. The van der Waals surface area contributed by atoms with Gasteiger partial charge in [-0.15, -0.1) is 0 Å². The summed E-state index contributed by atoms with van der Waals surface area (Å²) in [6.07, 6.45) is 1.15. The number of carbonyl (C=O) groups excluding carboxylic acids is 1. The van der Waals surface area contributed by atoms with Gasteiger partial charge in [0.1, 0.15) is 6.61 Å².